The van der Waals surface area contributed by atoms with Gasteiger partial charge >= 0.3 is 0 Å². The third-order valence-corrected chi connectivity index (χ3v) is 4.65. The van der Waals surface area contributed by atoms with Crippen LogP contribution in [0.1, 0.15) is 49.4 Å². The maximum Gasteiger partial charge on any atom is 0.223 e. The minimum absolute atomic E-state index is 0. The Kier molecular flexibility index (Phi) is 5.05. The largest absolute Gasteiger partial charge is 0.347 e. The smallest absolute Gasteiger partial charge is 0.223 e. The Bertz CT molecular complexity index is 462. The molecule has 6 heteroatoms. The molecule has 4 N–H and O–H groups in total. The van der Waals surface area contributed by atoms with Crippen LogP contribution >= 0.6 is 12.4 Å². The third-order valence-electron chi connectivity index (χ3n) is 4.65. The number of aromatic amines is 1. The number of aromatic nitrogens is 2. The van der Waals surface area contributed by atoms with Crippen molar-refractivity contribution in [1.82, 2.24) is 15.5 Å². The van der Waals surface area contributed by atoms with Crippen LogP contribution in [0.15, 0.2) is 6.20 Å². The summed E-state index contributed by atoms with van der Waals surface area (Å²) in [5.41, 5.74) is 8.11. The quantitative estimate of drug-likeness (QED) is 0.794. The second-order valence-corrected chi connectivity index (χ2v) is 5.80. The first-order valence-corrected chi connectivity index (χ1v) is 7.32. The maximum atomic E-state index is 12.4. The Morgan fingerprint density at radius 1 is 1.40 bits per heavy atom. The molecule has 112 valence electrons. The van der Waals surface area contributed by atoms with Crippen molar-refractivity contribution in [2.24, 2.45) is 17.6 Å². The van der Waals surface area contributed by atoms with Gasteiger partial charge in [0, 0.05) is 5.92 Å². The number of halogens is 1. The summed E-state index contributed by atoms with van der Waals surface area (Å²) in [5, 5.41) is 10.3. The van der Waals surface area contributed by atoms with Crippen LogP contribution < -0.4 is 11.1 Å². The van der Waals surface area contributed by atoms with Crippen molar-refractivity contribution >= 4 is 18.3 Å². The van der Waals surface area contributed by atoms with Crippen molar-refractivity contribution in [3.63, 3.8) is 0 Å². The van der Waals surface area contributed by atoms with E-state index in [1.54, 1.807) is 0 Å². The van der Waals surface area contributed by atoms with E-state index in [2.05, 4.69) is 15.5 Å². The highest BCUT2D eigenvalue weighted by Gasteiger charge is 2.34. The minimum atomic E-state index is 0. The Morgan fingerprint density at radius 2 is 2.25 bits per heavy atom. The van der Waals surface area contributed by atoms with Gasteiger partial charge in [0.15, 0.2) is 0 Å². The van der Waals surface area contributed by atoms with Crippen molar-refractivity contribution in [3.05, 3.63) is 17.5 Å². The van der Waals surface area contributed by atoms with Crippen molar-refractivity contribution in [2.75, 3.05) is 6.54 Å². The van der Waals surface area contributed by atoms with Gasteiger partial charge in [0.2, 0.25) is 5.91 Å². The van der Waals surface area contributed by atoms with Gasteiger partial charge in [-0.15, -0.1) is 12.4 Å². The molecular weight excluding hydrogens is 276 g/mol. The fourth-order valence-corrected chi connectivity index (χ4v) is 3.55. The van der Waals surface area contributed by atoms with E-state index in [0.29, 0.717) is 12.5 Å². The fraction of sp³-hybridized carbons (Fsp3) is 0.714. The fourth-order valence-electron chi connectivity index (χ4n) is 3.55. The predicted octanol–water partition coefficient (Wildman–Crippen LogP) is 1.70. The Labute approximate surface area is 125 Å². The molecule has 0 aliphatic heterocycles. The lowest BCUT2D eigenvalue weighted by Crippen LogP contribution is -2.38. The van der Waals surface area contributed by atoms with E-state index < -0.39 is 0 Å². The van der Waals surface area contributed by atoms with Crippen LogP contribution in [0.4, 0.5) is 0 Å². The Morgan fingerprint density at radius 3 is 3.05 bits per heavy atom. The summed E-state index contributed by atoms with van der Waals surface area (Å²) in [7, 11) is 0. The highest BCUT2D eigenvalue weighted by molar-refractivity contribution is 5.85. The predicted molar refractivity (Wildman–Crippen MR) is 79.5 cm³/mol. The molecule has 1 unspecified atom stereocenters. The van der Waals surface area contributed by atoms with E-state index >= 15 is 0 Å². The number of nitrogens with one attached hydrogen (secondary N) is 2. The molecule has 20 heavy (non-hydrogen) atoms. The van der Waals surface area contributed by atoms with Gasteiger partial charge in [-0.25, -0.2) is 0 Å². The molecule has 0 saturated heterocycles. The van der Waals surface area contributed by atoms with Gasteiger partial charge in [0.25, 0.3) is 0 Å². The molecule has 0 aromatic carbocycles. The third kappa shape index (κ3) is 2.83. The number of amides is 1. The molecule has 1 heterocycles. The molecule has 1 saturated carbocycles. The normalized spacial score (nSPS) is 28.6. The first kappa shape index (κ1) is 15.3. The van der Waals surface area contributed by atoms with Crippen molar-refractivity contribution in [1.29, 1.82) is 0 Å². The summed E-state index contributed by atoms with van der Waals surface area (Å²) in [6, 6.07) is 0.109. The molecule has 1 aromatic heterocycles. The lowest BCUT2D eigenvalue weighted by Gasteiger charge is -2.26. The lowest BCUT2D eigenvalue weighted by atomic mass is 9.91. The molecular formula is C14H23ClN4O. The van der Waals surface area contributed by atoms with Crippen LogP contribution in [-0.2, 0) is 11.2 Å². The van der Waals surface area contributed by atoms with E-state index in [1.165, 1.54) is 5.56 Å². The van der Waals surface area contributed by atoms with Gasteiger partial charge in [0.05, 0.1) is 17.9 Å². The summed E-state index contributed by atoms with van der Waals surface area (Å²) >= 11 is 0. The Balaban J connectivity index is 0.00000147. The van der Waals surface area contributed by atoms with Crippen molar-refractivity contribution in [2.45, 2.75) is 44.6 Å². The topological polar surface area (TPSA) is 83.8 Å². The highest BCUT2D eigenvalue weighted by atomic mass is 35.5. The molecule has 1 aromatic rings. The summed E-state index contributed by atoms with van der Waals surface area (Å²) in [5.74, 6) is 0.656. The zero-order chi connectivity index (χ0) is 13.2. The number of carbonyl (C=O) groups excluding carboxylic acids is 1. The van der Waals surface area contributed by atoms with Crippen LogP contribution in [0.25, 0.3) is 0 Å². The molecule has 2 aliphatic carbocycles. The zero-order valence-corrected chi connectivity index (χ0v) is 12.4. The number of carbonyl (C=O) groups is 1. The lowest BCUT2D eigenvalue weighted by molar-refractivity contribution is -0.126. The van der Waals surface area contributed by atoms with Crippen LogP contribution in [0, 0.1) is 11.8 Å². The summed E-state index contributed by atoms with van der Waals surface area (Å²) < 4.78 is 0. The van der Waals surface area contributed by atoms with Gasteiger partial charge in [-0.3, -0.25) is 9.89 Å². The van der Waals surface area contributed by atoms with Crippen LogP contribution in [0.2, 0.25) is 0 Å². The molecule has 1 amide bonds. The van der Waals surface area contributed by atoms with Crippen LogP contribution in [-0.4, -0.2) is 22.6 Å². The summed E-state index contributed by atoms with van der Waals surface area (Å²) in [6.07, 6.45) is 8.26. The van der Waals surface area contributed by atoms with Crippen LogP contribution in [0.5, 0.6) is 0 Å². The first-order valence-electron chi connectivity index (χ1n) is 7.32. The second kappa shape index (κ2) is 6.59. The minimum Gasteiger partial charge on any atom is -0.347 e. The average molecular weight is 299 g/mol. The molecule has 3 rings (SSSR count). The Hall–Kier alpha value is -1.07. The zero-order valence-electron chi connectivity index (χ0n) is 11.6. The molecule has 2 aliphatic rings. The number of hydrogen-bond donors (Lipinski definition) is 3. The number of nitrogens with two attached hydrogens (primary N) is 1. The van der Waals surface area contributed by atoms with Crippen LogP contribution in [0.3, 0.4) is 0 Å². The first-order chi connectivity index (χ1) is 9.29. The van der Waals surface area contributed by atoms with E-state index in [1.807, 2.05) is 6.20 Å². The molecule has 0 radical (unpaired) electrons. The van der Waals surface area contributed by atoms with Gasteiger partial charge in [0.1, 0.15) is 0 Å². The number of nitrogens with zero attached hydrogens (tertiary/aromatic N) is 1. The molecule has 1 fully saturated rings. The number of hydrogen-bond acceptors (Lipinski definition) is 3. The monoisotopic (exact) mass is 298 g/mol. The number of rotatable bonds is 3. The molecule has 5 nitrogen and oxygen atoms in total. The summed E-state index contributed by atoms with van der Waals surface area (Å²) in [4.78, 5) is 12.4. The van der Waals surface area contributed by atoms with Crippen molar-refractivity contribution in [3.8, 4) is 0 Å². The van der Waals surface area contributed by atoms with E-state index in [9.17, 15) is 4.79 Å². The average Bonchev–Trinajstić information content (AvgIpc) is 3.07. The van der Waals surface area contributed by atoms with Gasteiger partial charge in [-0.05, 0) is 50.1 Å². The summed E-state index contributed by atoms with van der Waals surface area (Å²) in [6.45, 7) is 0.623. The highest BCUT2D eigenvalue weighted by Crippen LogP contribution is 2.33. The van der Waals surface area contributed by atoms with E-state index in [-0.39, 0.29) is 30.3 Å². The van der Waals surface area contributed by atoms with Gasteiger partial charge in [-0.1, -0.05) is 6.42 Å². The number of H-pyrrole nitrogens is 1. The second-order valence-electron chi connectivity index (χ2n) is 5.80. The molecule has 0 bridgehead atoms. The SMILES string of the molecule is Cl.NC[C@H]1CCC[C@H]1C(=O)NC1CCCc2cn[nH]c21. The number of aryl methyl sites for hydroxylation is 1. The van der Waals surface area contributed by atoms with Crippen molar-refractivity contribution < 1.29 is 4.79 Å². The van der Waals surface area contributed by atoms with E-state index in [0.717, 1.165) is 44.2 Å². The van der Waals surface area contributed by atoms with E-state index in [4.69, 9.17) is 5.73 Å². The van der Waals surface area contributed by atoms with Gasteiger partial charge < -0.3 is 11.1 Å². The van der Waals surface area contributed by atoms with Gasteiger partial charge in [-0.2, -0.15) is 5.10 Å². The standard InChI is InChI=1S/C14H22N4O.ClH/c15-7-9-3-1-5-11(9)14(19)17-12-6-2-4-10-8-16-18-13(10)12;/h8-9,11-12H,1-7,15H2,(H,16,18)(H,17,19);1H/t9-,11-,12?;/m1./s1. The molecule has 0 spiro atoms. The maximum absolute atomic E-state index is 12.4. The molecule has 3 atom stereocenters. The number of fused-ring (bicyclic) bond motifs is 1.